The van der Waals surface area contributed by atoms with Crippen LogP contribution in [0.2, 0.25) is 5.02 Å². The maximum absolute atomic E-state index is 12.9. The molecule has 3 N–H and O–H groups in total. The highest BCUT2D eigenvalue weighted by atomic mass is 35.5. The Labute approximate surface area is 239 Å². The second kappa shape index (κ2) is 11.6. The van der Waals surface area contributed by atoms with E-state index in [9.17, 15) is 18.0 Å². The minimum atomic E-state index is -3.91. The molecule has 5 rings (SSSR count). The number of nitrogens with one attached hydrogen (secondary N) is 3. The van der Waals surface area contributed by atoms with Crippen LogP contribution in [-0.2, 0) is 14.8 Å². The first-order valence-corrected chi connectivity index (χ1v) is 13.9. The van der Waals surface area contributed by atoms with Crippen molar-refractivity contribution in [3.63, 3.8) is 0 Å². The van der Waals surface area contributed by atoms with E-state index in [1.807, 2.05) is 0 Å². The molecular formula is C28H21ClN6O5S. The molecule has 2 amide bonds. The quantitative estimate of drug-likeness (QED) is 0.216. The second-order valence-electron chi connectivity index (χ2n) is 8.71. The highest BCUT2D eigenvalue weighted by molar-refractivity contribution is 7.92. The molecule has 2 heterocycles. The van der Waals surface area contributed by atoms with Crippen molar-refractivity contribution in [3.8, 4) is 22.8 Å². The van der Waals surface area contributed by atoms with Gasteiger partial charge in [0.25, 0.3) is 21.8 Å². The Morgan fingerprint density at radius 2 is 1.66 bits per heavy atom. The Balaban J connectivity index is 1.31. The summed E-state index contributed by atoms with van der Waals surface area (Å²) in [7, 11) is -3.91. The van der Waals surface area contributed by atoms with E-state index in [1.165, 1.54) is 37.4 Å². The summed E-state index contributed by atoms with van der Waals surface area (Å²) in [5.74, 6) is -0.239. The number of aromatic nitrogens is 3. The average Bonchev–Trinajstić information content (AvgIpc) is 3.44. The van der Waals surface area contributed by atoms with Gasteiger partial charge in [-0.2, -0.15) is 4.98 Å². The summed E-state index contributed by atoms with van der Waals surface area (Å²) in [6.07, 6.45) is 3.03. The summed E-state index contributed by atoms with van der Waals surface area (Å²) in [5.41, 5.74) is 2.58. The Morgan fingerprint density at radius 3 is 2.37 bits per heavy atom. The minimum Gasteiger partial charge on any atom is -0.334 e. The predicted molar refractivity (Wildman–Crippen MR) is 154 cm³/mol. The molecule has 0 unspecified atom stereocenters. The van der Waals surface area contributed by atoms with E-state index >= 15 is 0 Å². The molecule has 0 saturated carbocycles. The Kier molecular flexibility index (Phi) is 7.77. The molecule has 13 heteroatoms. The van der Waals surface area contributed by atoms with Gasteiger partial charge in [-0.05, 0) is 72.8 Å². The Morgan fingerprint density at radius 1 is 0.878 bits per heavy atom. The van der Waals surface area contributed by atoms with Gasteiger partial charge in [0.15, 0.2) is 0 Å². The molecule has 0 bridgehead atoms. The zero-order valence-corrected chi connectivity index (χ0v) is 22.9. The van der Waals surface area contributed by atoms with Crippen molar-refractivity contribution >= 4 is 50.5 Å². The van der Waals surface area contributed by atoms with Crippen LogP contribution in [0, 0.1) is 0 Å². The molecule has 0 radical (unpaired) electrons. The van der Waals surface area contributed by atoms with Gasteiger partial charge in [0.05, 0.1) is 15.5 Å². The zero-order chi connectivity index (χ0) is 29.0. The van der Waals surface area contributed by atoms with E-state index in [0.29, 0.717) is 28.1 Å². The lowest BCUT2D eigenvalue weighted by Crippen LogP contribution is -2.13. The molecule has 206 valence electrons. The third-order valence-electron chi connectivity index (χ3n) is 5.66. The molecule has 0 spiro atoms. The molecule has 11 nitrogen and oxygen atoms in total. The summed E-state index contributed by atoms with van der Waals surface area (Å²) in [5, 5.41) is 9.64. The predicted octanol–water partition coefficient (Wildman–Crippen LogP) is 5.46. The largest absolute Gasteiger partial charge is 0.334 e. The number of hydrogen-bond acceptors (Lipinski definition) is 8. The number of sulfonamides is 1. The SMILES string of the molecule is CC(=O)Nc1ccc(S(=O)(=O)Nc2cccc(-c3nc(-c4ccc(NC(=O)c5cccnc5)cc4Cl)no3)c2)cc1. The lowest BCUT2D eigenvalue weighted by molar-refractivity contribution is -0.114. The smallest absolute Gasteiger partial charge is 0.261 e. The van der Waals surface area contributed by atoms with Crippen molar-refractivity contribution in [3.05, 3.63) is 102 Å². The summed E-state index contributed by atoms with van der Waals surface area (Å²) in [6, 6.07) is 20.4. The first-order chi connectivity index (χ1) is 19.7. The lowest BCUT2D eigenvalue weighted by Gasteiger charge is -2.09. The van der Waals surface area contributed by atoms with Crippen molar-refractivity contribution in [1.82, 2.24) is 15.1 Å². The van der Waals surface area contributed by atoms with Gasteiger partial charge in [0, 0.05) is 47.5 Å². The van der Waals surface area contributed by atoms with Gasteiger partial charge in [-0.1, -0.05) is 22.8 Å². The fourth-order valence-corrected chi connectivity index (χ4v) is 5.09. The molecule has 0 aliphatic carbocycles. The van der Waals surface area contributed by atoms with Crippen LogP contribution in [0.4, 0.5) is 17.1 Å². The highest BCUT2D eigenvalue weighted by Crippen LogP contribution is 2.31. The van der Waals surface area contributed by atoms with Gasteiger partial charge in [0.1, 0.15) is 0 Å². The van der Waals surface area contributed by atoms with Crippen LogP contribution in [0.15, 0.2) is 101 Å². The first kappa shape index (κ1) is 27.5. The number of carbonyl (C=O) groups is 2. The van der Waals surface area contributed by atoms with Gasteiger partial charge in [-0.3, -0.25) is 19.3 Å². The second-order valence-corrected chi connectivity index (χ2v) is 10.8. The number of benzene rings is 3. The normalized spacial score (nSPS) is 11.1. The highest BCUT2D eigenvalue weighted by Gasteiger charge is 2.18. The molecule has 5 aromatic rings. The number of halogens is 1. The number of carbonyl (C=O) groups excluding carboxylic acids is 2. The summed E-state index contributed by atoms with van der Waals surface area (Å²) >= 11 is 6.46. The Hall–Kier alpha value is -5.07. The zero-order valence-electron chi connectivity index (χ0n) is 21.3. The first-order valence-electron chi connectivity index (χ1n) is 12.0. The Bertz CT molecular complexity index is 1840. The molecule has 41 heavy (non-hydrogen) atoms. The van der Waals surface area contributed by atoms with Gasteiger partial charge < -0.3 is 15.2 Å². The van der Waals surface area contributed by atoms with Crippen molar-refractivity contribution in [2.75, 3.05) is 15.4 Å². The summed E-state index contributed by atoms with van der Waals surface area (Å²) in [6.45, 7) is 1.36. The maximum Gasteiger partial charge on any atom is 0.261 e. The van der Waals surface area contributed by atoms with Crippen LogP contribution in [0.3, 0.4) is 0 Å². The molecule has 3 aromatic carbocycles. The number of amides is 2. The molecule has 0 atom stereocenters. The van der Waals surface area contributed by atoms with Crippen LogP contribution in [-0.4, -0.2) is 35.4 Å². The number of pyridine rings is 1. The van der Waals surface area contributed by atoms with Crippen LogP contribution in [0.25, 0.3) is 22.8 Å². The molecule has 2 aromatic heterocycles. The lowest BCUT2D eigenvalue weighted by atomic mass is 10.1. The van der Waals surface area contributed by atoms with Crippen molar-refractivity contribution < 1.29 is 22.5 Å². The van der Waals surface area contributed by atoms with Crippen LogP contribution in [0.1, 0.15) is 17.3 Å². The van der Waals surface area contributed by atoms with Crippen molar-refractivity contribution in [1.29, 1.82) is 0 Å². The number of nitrogens with zero attached hydrogens (tertiary/aromatic N) is 3. The van der Waals surface area contributed by atoms with Crippen LogP contribution < -0.4 is 15.4 Å². The molecule has 0 aliphatic heterocycles. The third-order valence-corrected chi connectivity index (χ3v) is 7.37. The number of hydrogen-bond donors (Lipinski definition) is 3. The van der Waals surface area contributed by atoms with Crippen molar-refractivity contribution in [2.45, 2.75) is 11.8 Å². The van der Waals surface area contributed by atoms with Gasteiger partial charge in [-0.15, -0.1) is 0 Å². The monoisotopic (exact) mass is 588 g/mol. The topological polar surface area (TPSA) is 156 Å². The van der Waals surface area contributed by atoms with Gasteiger partial charge in [0.2, 0.25) is 11.7 Å². The average molecular weight is 589 g/mol. The molecule has 0 saturated heterocycles. The fourth-order valence-electron chi connectivity index (χ4n) is 3.78. The summed E-state index contributed by atoms with van der Waals surface area (Å²) < 4.78 is 33.7. The van der Waals surface area contributed by atoms with E-state index in [0.717, 1.165) is 0 Å². The van der Waals surface area contributed by atoms with E-state index in [4.69, 9.17) is 16.1 Å². The van der Waals surface area contributed by atoms with Crippen LogP contribution in [0.5, 0.6) is 0 Å². The van der Waals surface area contributed by atoms with E-state index in [2.05, 4.69) is 30.5 Å². The minimum absolute atomic E-state index is 0.0202. The standard InChI is InChI=1S/C28H21ClN6O5S/c1-17(36)31-20-7-10-23(11-8-20)41(38,39)35-22-6-2-4-18(14-22)28-33-26(34-40-28)24-12-9-21(15-25(24)29)32-27(37)19-5-3-13-30-16-19/h2-16,35H,1H3,(H,31,36)(H,32,37). The molecule has 0 fully saturated rings. The van der Waals surface area contributed by atoms with E-state index < -0.39 is 10.0 Å². The van der Waals surface area contributed by atoms with E-state index in [1.54, 1.807) is 60.8 Å². The number of rotatable bonds is 8. The van der Waals surface area contributed by atoms with Crippen LogP contribution >= 0.6 is 11.6 Å². The maximum atomic E-state index is 12.9. The van der Waals surface area contributed by atoms with E-state index in [-0.39, 0.29) is 39.1 Å². The van der Waals surface area contributed by atoms with Gasteiger partial charge >= 0.3 is 0 Å². The third kappa shape index (κ3) is 6.57. The summed E-state index contributed by atoms with van der Waals surface area (Å²) in [4.78, 5) is 32.0. The number of anilines is 3. The van der Waals surface area contributed by atoms with Crippen molar-refractivity contribution in [2.24, 2.45) is 0 Å². The molecular weight excluding hydrogens is 568 g/mol. The van der Waals surface area contributed by atoms with Gasteiger partial charge in [-0.25, -0.2) is 8.42 Å². The fraction of sp³-hybridized carbons (Fsp3) is 0.0357. The molecule has 0 aliphatic rings.